The number of benzene rings is 1. The monoisotopic (exact) mass is 272 g/mol. The third-order valence-electron chi connectivity index (χ3n) is 4.02. The molecule has 3 nitrogen and oxygen atoms in total. The van der Waals surface area contributed by atoms with Gasteiger partial charge in [-0.25, -0.2) is 0 Å². The molecule has 0 fully saturated rings. The fraction of sp³-hybridized carbons (Fsp3) is 0.412. The number of likely N-dealkylation sites (N-methyl/N-ethyl adjacent to an activating group) is 1. The second-order valence-corrected chi connectivity index (χ2v) is 5.47. The van der Waals surface area contributed by atoms with Gasteiger partial charge < -0.3 is 10.2 Å². The molecule has 1 heterocycles. The molecule has 0 amide bonds. The molecule has 0 aliphatic carbocycles. The van der Waals surface area contributed by atoms with Crippen LogP contribution in [-0.4, -0.2) is 18.5 Å². The second kappa shape index (κ2) is 6.25. The molecule has 108 valence electrons. The van der Waals surface area contributed by atoms with Gasteiger partial charge in [0.05, 0.1) is 6.26 Å². The Labute approximate surface area is 121 Å². The van der Waals surface area contributed by atoms with Crippen LogP contribution in [-0.2, 0) is 6.54 Å². The van der Waals surface area contributed by atoms with E-state index < -0.39 is 0 Å². The van der Waals surface area contributed by atoms with Crippen LogP contribution in [0.4, 0.5) is 0 Å². The summed E-state index contributed by atoms with van der Waals surface area (Å²) in [5, 5.41) is 0. The van der Waals surface area contributed by atoms with Crippen LogP contribution in [0.3, 0.4) is 0 Å². The lowest BCUT2D eigenvalue weighted by atomic mass is 9.95. The van der Waals surface area contributed by atoms with E-state index in [2.05, 4.69) is 44.0 Å². The van der Waals surface area contributed by atoms with Crippen molar-refractivity contribution < 1.29 is 4.42 Å². The molecular weight excluding hydrogens is 248 g/mol. The lowest BCUT2D eigenvalue weighted by Crippen LogP contribution is -2.31. The van der Waals surface area contributed by atoms with Crippen molar-refractivity contribution in [3.8, 4) is 0 Å². The average Bonchev–Trinajstić information content (AvgIpc) is 2.79. The van der Waals surface area contributed by atoms with Gasteiger partial charge in [-0.3, -0.25) is 4.90 Å². The van der Waals surface area contributed by atoms with Gasteiger partial charge in [0.1, 0.15) is 5.76 Å². The van der Waals surface area contributed by atoms with E-state index in [1.807, 2.05) is 13.0 Å². The highest BCUT2D eigenvalue weighted by Crippen LogP contribution is 2.27. The van der Waals surface area contributed by atoms with Crippen molar-refractivity contribution in [3.63, 3.8) is 0 Å². The summed E-state index contributed by atoms with van der Waals surface area (Å²) in [6.07, 6.45) is 1.75. The quantitative estimate of drug-likeness (QED) is 0.907. The van der Waals surface area contributed by atoms with Crippen molar-refractivity contribution in [2.75, 3.05) is 13.6 Å². The molecule has 0 spiro atoms. The van der Waals surface area contributed by atoms with Gasteiger partial charge in [0.2, 0.25) is 0 Å². The first-order valence-electron chi connectivity index (χ1n) is 7.04. The molecule has 2 rings (SSSR count). The summed E-state index contributed by atoms with van der Waals surface area (Å²) in [5.74, 6) is 0.981. The molecule has 0 saturated heterocycles. The molecule has 0 bridgehead atoms. The van der Waals surface area contributed by atoms with E-state index in [1.54, 1.807) is 6.26 Å². The molecule has 1 unspecified atom stereocenters. The van der Waals surface area contributed by atoms with Gasteiger partial charge in [0.15, 0.2) is 0 Å². The molecule has 20 heavy (non-hydrogen) atoms. The van der Waals surface area contributed by atoms with Crippen molar-refractivity contribution >= 4 is 0 Å². The van der Waals surface area contributed by atoms with Crippen LogP contribution in [0.5, 0.6) is 0 Å². The molecular formula is C17H24N2O. The smallest absolute Gasteiger partial charge is 0.105 e. The van der Waals surface area contributed by atoms with E-state index in [0.717, 1.165) is 12.3 Å². The van der Waals surface area contributed by atoms with E-state index in [-0.39, 0.29) is 6.04 Å². The zero-order valence-electron chi connectivity index (χ0n) is 12.8. The first kappa shape index (κ1) is 14.8. The maximum atomic E-state index is 6.05. The minimum atomic E-state index is 0.227. The summed E-state index contributed by atoms with van der Waals surface area (Å²) in [7, 11) is 2.12. The first-order chi connectivity index (χ1) is 9.54. The highest BCUT2D eigenvalue weighted by atomic mass is 16.3. The predicted octanol–water partition coefficient (Wildman–Crippen LogP) is 3.34. The zero-order valence-corrected chi connectivity index (χ0v) is 12.8. The number of nitrogens with two attached hydrogens (primary N) is 1. The highest BCUT2D eigenvalue weighted by molar-refractivity contribution is 5.36. The number of rotatable bonds is 5. The third kappa shape index (κ3) is 2.94. The summed E-state index contributed by atoms with van der Waals surface area (Å²) in [6.45, 7) is 7.76. The van der Waals surface area contributed by atoms with Crippen LogP contribution in [0.25, 0.3) is 0 Å². The summed E-state index contributed by atoms with van der Waals surface area (Å²) >= 11 is 0. The van der Waals surface area contributed by atoms with Gasteiger partial charge in [-0.2, -0.15) is 0 Å². The van der Waals surface area contributed by atoms with Crippen LogP contribution in [0, 0.1) is 20.8 Å². The Bertz CT molecular complexity index is 554. The minimum absolute atomic E-state index is 0.227. The first-order valence-corrected chi connectivity index (χ1v) is 7.04. The summed E-state index contributed by atoms with van der Waals surface area (Å²) in [5.41, 5.74) is 11.2. The van der Waals surface area contributed by atoms with E-state index in [1.165, 1.54) is 22.3 Å². The Hall–Kier alpha value is -1.58. The number of furan rings is 1. The molecule has 2 aromatic rings. The van der Waals surface area contributed by atoms with Gasteiger partial charge in [-0.15, -0.1) is 0 Å². The third-order valence-corrected chi connectivity index (χ3v) is 4.02. The predicted molar refractivity (Wildman–Crippen MR) is 82.6 cm³/mol. The van der Waals surface area contributed by atoms with E-state index in [9.17, 15) is 0 Å². The Morgan fingerprint density at radius 2 is 1.80 bits per heavy atom. The summed E-state index contributed by atoms with van der Waals surface area (Å²) < 4.78 is 5.37. The Morgan fingerprint density at radius 3 is 2.30 bits per heavy atom. The molecule has 0 saturated carbocycles. The fourth-order valence-electron chi connectivity index (χ4n) is 2.83. The molecule has 1 aromatic carbocycles. The number of hydrogen-bond acceptors (Lipinski definition) is 3. The number of hydrogen-bond donors (Lipinski definition) is 1. The fourth-order valence-corrected chi connectivity index (χ4v) is 2.83. The lowest BCUT2D eigenvalue weighted by molar-refractivity contribution is 0.239. The molecule has 0 aliphatic heterocycles. The molecule has 2 N–H and O–H groups in total. The normalized spacial score (nSPS) is 12.9. The van der Waals surface area contributed by atoms with Gasteiger partial charge >= 0.3 is 0 Å². The van der Waals surface area contributed by atoms with E-state index >= 15 is 0 Å². The molecule has 3 heteroatoms. The molecule has 1 aromatic heterocycles. The maximum absolute atomic E-state index is 6.05. The van der Waals surface area contributed by atoms with Gasteiger partial charge in [-0.1, -0.05) is 18.2 Å². The molecule has 0 radical (unpaired) electrons. The van der Waals surface area contributed by atoms with Gasteiger partial charge in [0.25, 0.3) is 0 Å². The van der Waals surface area contributed by atoms with Crippen LogP contribution >= 0.6 is 0 Å². The average molecular weight is 272 g/mol. The van der Waals surface area contributed by atoms with E-state index in [0.29, 0.717) is 6.54 Å². The van der Waals surface area contributed by atoms with Crippen molar-refractivity contribution in [3.05, 3.63) is 58.5 Å². The zero-order chi connectivity index (χ0) is 14.7. The van der Waals surface area contributed by atoms with Crippen LogP contribution in [0.2, 0.25) is 0 Å². The Balaban J connectivity index is 2.26. The van der Waals surface area contributed by atoms with Crippen molar-refractivity contribution in [1.82, 2.24) is 4.90 Å². The Morgan fingerprint density at radius 1 is 1.15 bits per heavy atom. The standard InChI is InChI=1S/C17H24N2O/c1-12-6-5-7-13(2)17(12)16(10-18)19(4)11-15-8-9-20-14(15)3/h5-9,16H,10-11,18H2,1-4H3. The largest absolute Gasteiger partial charge is 0.469 e. The second-order valence-electron chi connectivity index (χ2n) is 5.47. The Kier molecular flexibility index (Phi) is 4.63. The number of nitrogens with zero attached hydrogens (tertiary/aromatic N) is 1. The van der Waals surface area contributed by atoms with E-state index in [4.69, 9.17) is 10.2 Å². The van der Waals surface area contributed by atoms with Gasteiger partial charge in [-0.05, 0) is 50.6 Å². The minimum Gasteiger partial charge on any atom is -0.469 e. The summed E-state index contributed by atoms with van der Waals surface area (Å²) in [6, 6.07) is 8.67. The topological polar surface area (TPSA) is 42.4 Å². The number of aryl methyl sites for hydroxylation is 3. The van der Waals surface area contributed by atoms with Crippen molar-refractivity contribution in [2.45, 2.75) is 33.4 Å². The summed E-state index contributed by atoms with van der Waals surface area (Å²) in [4.78, 5) is 2.30. The SMILES string of the molecule is Cc1cccc(C)c1C(CN)N(C)Cc1ccoc1C. The van der Waals surface area contributed by atoms with Crippen LogP contribution in [0.1, 0.15) is 34.1 Å². The highest BCUT2D eigenvalue weighted by Gasteiger charge is 2.20. The molecule has 1 atom stereocenters. The van der Waals surface area contributed by atoms with Crippen molar-refractivity contribution in [2.24, 2.45) is 5.73 Å². The van der Waals surface area contributed by atoms with Crippen LogP contribution in [0.15, 0.2) is 34.9 Å². The van der Waals surface area contributed by atoms with Crippen molar-refractivity contribution in [1.29, 1.82) is 0 Å². The maximum Gasteiger partial charge on any atom is 0.105 e. The van der Waals surface area contributed by atoms with Crippen LogP contribution < -0.4 is 5.73 Å². The van der Waals surface area contributed by atoms with Gasteiger partial charge in [0, 0.05) is 24.7 Å². The lowest BCUT2D eigenvalue weighted by Gasteiger charge is -2.29. The molecule has 0 aliphatic rings.